The summed E-state index contributed by atoms with van der Waals surface area (Å²) in [6.07, 6.45) is 3.95. The third-order valence-electron chi connectivity index (χ3n) is 2.08. The average molecular weight is 227 g/mol. The third-order valence-corrected chi connectivity index (χ3v) is 3.68. The lowest BCUT2D eigenvalue weighted by molar-refractivity contribution is -0.136. The molecule has 5 heteroatoms. The summed E-state index contributed by atoms with van der Waals surface area (Å²) in [5.74, 6) is -0.639. The van der Waals surface area contributed by atoms with Gasteiger partial charge in [-0.3, -0.25) is 14.0 Å². The van der Waals surface area contributed by atoms with Crippen molar-refractivity contribution in [1.29, 1.82) is 0 Å². The number of nitrogens with zero attached hydrogens (tertiary/aromatic N) is 1. The molecule has 1 heterocycles. The molecule has 0 saturated heterocycles. The Morgan fingerprint density at radius 2 is 2.13 bits per heavy atom. The van der Waals surface area contributed by atoms with Crippen LogP contribution in [-0.4, -0.2) is 31.3 Å². The molecule has 2 unspecified atom stereocenters. The molecule has 2 atom stereocenters. The molecule has 0 aliphatic rings. The van der Waals surface area contributed by atoms with Gasteiger partial charge in [0, 0.05) is 28.9 Å². The van der Waals surface area contributed by atoms with E-state index in [2.05, 4.69) is 4.98 Å². The zero-order chi connectivity index (χ0) is 11.3. The summed E-state index contributed by atoms with van der Waals surface area (Å²) in [4.78, 5) is 14.4. The number of aromatic nitrogens is 1. The van der Waals surface area contributed by atoms with Crippen LogP contribution in [0.15, 0.2) is 24.5 Å². The average Bonchev–Trinajstić information content (AvgIpc) is 2.26. The van der Waals surface area contributed by atoms with Gasteiger partial charge in [-0.05, 0) is 31.0 Å². The molecule has 0 aromatic carbocycles. The Labute approximate surface area is 90.8 Å². The number of carboxylic acid groups (broad SMARTS) is 1. The quantitative estimate of drug-likeness (QED) is 0.809. The molecule has 1 aromatic rings. The predicted octanol–water partition coefficient (Wildman–Crippen LogP) is 0.846. The summed E-state index contributed by atoms with van der Waals surface area (Å²) in [7, 11) is -1.32. The molecule has 0 aliphatic carbocycles. The van der Waals surface area contributed by atoms with Crippen LogP contribution in [0.2, 0.25) is 0 Å². The van der Waals surface area contributed by atoms with E-state index in [1.165, 1.54) is 6.92 Å². The van der Waals surface area contributed by atoms with Gasteiger partial charge < -0.3 is 5.11 Å². The first-order valence-electron chi connectivity index (χ1n) is 4.60. The summed E-state index contributed by atoms with van der Waals surface area (Å²) in [5, 5.41) is 7.85. The van der Waals surface area contributed by atoms with Crippen LogP contribution in [0.4, 0.5) is 0 Å². The lowest BCUT2D eigenvalue weighted by Gasteiger charge is -2.05. The molecular formula is C10H13NO3S. The van der Waals surface area contributed by atoms with E-state index in [-0.39, 0.29) is 0 Å². The molecular weight excluding hydrogens is 214 g/mol. The first-order chi connectivity index (χ1) is 7.11. The summed E-state index contributed by atoms with van der Waals surface area (Å²) < 4.78 is 11.5. The number of rotatable bonds is 5. The molecule has 0 saturated carbocycles. The van der Waals surface area contributed by atoms with E-state index >= 15 is 0 Å². The first kappa shape index (κ1) is 11.8. The van der Waals surface area contributed by atoms with E-state index < -0.39 is 22.0 Å². The normalized spacial score (nSPS) is 14.5. The van der Waals surface area contributed by atoms with Crippen molar-refractivity contribution < 1.29 is 14.1 Å². The van der Waals surface area contributed by atoms with Gasteiger partial charge in [0.1, 0.15) is 5.25 Å². The zero-order valence-corrected chi connectivity index (χ0v) is 9.24. The molecule has 0 radical (unpaired) electrons. The molecule has 4 nitrogen and oxygen atoms in total. The van der Waals surface area contributed by atoms with Crippen molar-refractivity contribution >= 4 is 16.8 Å². The highest BCUT2D eigenvalue weighted by atomic mass is 32.2. The second kappa shape index (κ2) is 5.60. The smallest absolute Gasteiger partial charge is 0.318 e. The van der Waals surface area contributed by atoms with Crippen molar-refractivity contribution in [2.75, 3.05) is 5.75 Å². The molecule has 15 heavy (non-hydrogen) atoms. The van der Waals surface area contributed by atoms with E-state index in [1.807, 2.05) is 12.1 Å². The molecule has 0 spiro atoms. The summed E-state index contributed by atoms with van der Waals surface area (Å²) >= 11 is 0. The van der Waals surface area contributed by atoms with E-state index in [9.17, 15) is 9.00 Å². The first-order valence-corrected chi connectivity index (χ1v) is 5.98. The van der Waals surface area contributed by atoms with Crippen molar-refractivity contribution in [3.8, 4) is 0 Å². The third kappa shape index (κ3) is 3.79. The van der Waals surface area contributed by atoms with Crippen LogP contribution in [0, 0.1) is 0 Å². The monoisotopic (exact) mass is 227 g/mol. The Hall–Kier alpha value is -1.23. The lowest BCUT2D eigenvalue weighted by Crippen LogP contribution is -2.24. The van der Waals surface area contributed by atoms with Gasteiger partial charge in [0.2, 0.25) is 0 Å². The Kier molecular flexibility index (Phi) is 4.42. The predicted molar refractivity (Wildman–Crippen MR) is 58.0 cm³/mol. The number of carbonyl (C=O) groups is 1. The maximum Gasteiger partial charge on any atom is 0.318 e. The topological polar surface area (TPSA) is 67.3 Å². The van der Waals surface area contributed by atoms with Gasteiger partial charge >= 0.3 is 5.97 Å². The van der Waals surface area contributed by atoms with Crippen molar-refractivity contribution in [1.82, 2.24) is 4.98 Å². The van der Waals surface area contributed by atoms with E-state index in [1.54, 1.807) is 12.4 Å². The van der Waals surface area contributed by atoms with E-state index in [4.69, 9.17) is 5.11 Å². The highest BCUT2D eigenvalue weighted by Gasteiger charge is 2.18. The fourth-order valence-corrected chi connectivity index (χ4v) is 2.07. The Morgan fingerprint density at radius 3 is 2.67 bits per heavy atom. The van der Waals surface area contributed by atoms with Crippen LogP contribution < -0.4 is 0 Å². The molecule has 1 aromatic heterocycles. The van der Waals surface area contributed by atoms with Crippen LogP contribution in [0.5, 0.6) is 0 Å². The van der Waals surface area contributed by atoms with Crippen LogP contribution in [0.25, 0.3) is 0 Å². The minimum absolute atomic E-state index is 0.372. The van der Waals surface area contributed by atoms with Gasteiger partial charge in [0.15, 0.2) is 0 Å². The SMILES string of the molecule is CC(C(=O)O)S(=O)CCc1ccncc1. The fourth-order valence-electron chi connectivity index (χ4n) is 1.06. The van der Waals surface area contributed by atoms with E-state index in [0.29, 0.717) is 12.2 Å². The number of aliphatic carboxylic acids is 1. The number of hydrogen-bond acceptors (Lipinski definition) is 3. The summed E-state index contributed by atoms with van der Waals surface area (Å²) in [5.41, 5.74) is 1.02. The van der Waals surface area contributed by atoms with Crippen molar-refractivity contribution in [3.63, 3.8) is 0 Å². The highest BCUT2D eigenvalue weighted by Crippen LogP contribution is 2.02. The Balaban J connectivity index is 2.44. The second-order valence-corrected chi connectivity index (χ2v) is 5.05. The van der Waals surface area contributed by atoms with Crippen LogP contribution in [-0.2, 0) is 22.0 Å². The molecule has 0 aliphatic heterocycles. The Morgan fingerprint density at radius 1 is 1.53 bits per heavy atom. The molecule has 82 valence electrons. The molecule has 0 fully saturated rings. The van der Waals surface area contributed by atoms with Gasteiger partial charge in [-0.2, -0.15) is 0 Å². The molecule has 1 rings (SSSR count). The maximum absolute atomic E-state index is 11.5. The van der Waals surface area contributed by atoms with Crippen LogP contribution in [0.1, 0.15) is 12.5 Å². The van der Waals surface area contributed by atoms with Gasteiger partial charge in [-0.25, -0.2) is 0 Å². The number of aryl methyl sites for hydroxylation is 1. The Bertz CT molecular complexity index is 353. The minimum Gasteiger partial charge on any atom is -0.480 e. The number of pyridine rings is 1. The van der Waals surface area contributed by atoms with Gasteiger partial charge in [0.25, 0.3) is 0 Å². The summed E-state index contributed by atoms with van der Waals surface area (Å²) in [6, 6.07) is 3.67. The maximum atomic E-state index is 11.5. The fraction of sp³-hybridized carbons (Fsp3) is 0.400. The molecule has 0 bridgehead atoms. The van der Waals surface area contributed by atoms with E-state index in [0.717, 1.165) is 5.56 Å². The minimum atomic E-state index is -1.32. The van der Waals surface area contributed by atoms with Gasteiger partial charge in [-0.1, -0.05) is 0 Å². The summed E-state index contributed by atoms with van der Waals surface area (Å²) in [6.45, 7) is 1.46. The zero-order valence-electron chi connectivity index (χ0n) is 8.42. The second-order valence-electron chi connectivity index (χ2n) is 3.17. The highest BCUT2D eigenvalue weighted by molar-refractivity contribution is 7.86. The van der Waals surface area contributed by atoms with Crippen molar-refractivity contribution in [2.45, 2.75) is 18.6 Å². The van der Waals surface area contributed by atoms with Crippen molar-refractivity contribution in [3.05, 3.63) is 30.1 Å². The van der Waals surface area contributed by atoms with Gasteiger partial charge in [0.05, 0.1) is 0 Å². The van der Waals surface area contributed by atoms with Crippen LogP contribution in [0.3, 0.4) is 0 Å². The standard InChI is InChI=1S/C10H13NO3S/c1-8(10(12)13)15(14)7-4-9-2-5-11-6-3-9/h2-3,5-6,8H,4,7H2,1H3,(H,12,13). The van der Waals surface area contributed by atoms with Crippen molar-refractivity contribution in [2.24, 2.45) is 0 Å². The van der Waals surface area contributed by atoms with Gasteiger partial charge in [-0.15, -0.1) is 0 Å². The molecule has 1 N–H and O–H groups in total. The number of hydrogen-bond donors (Lipinski definition) is 1. The molecule has 0 amide bonds. The lowest BCUT2D eigenvalue weighted by atomic mass is 10.2. The van der Waals surface area contributed by atoms with Crippen LogP contribution >= 0.6 is 0 Å². The largest absolute Gasteiger partial charge is 0.480 e. The number of carboxylic acids is 1.